The molecule has 1 fully saturated rings. The SMILES string of the molecule is CC(=O)c1ccc(C(=O)C2(N)NC(=O)N([C@@H]3O[C@H](C)[C@@H](O)[C@H]3O)C=C2F)cc1. The molecule has 2 amide bonds. The van der Waals surface area contributed by atoms with E-state index < -0.39 is 47.8 Å². The summed E-state index contributed by atoms with van der Waals surface area (Å²) in [5.41, 5.74) is 3.74. The van der Waals surface area contributed by atoms with Gasteiger partial charge in [0.25, 0.3) is 0 Å². The van der Waals surface area contributed by atoms with E-state index in [0.717, 1.165) is 0 Å². The van der Waals surface area contributed by atoms with Gasteiger partial charge in [-0.1, -0.05) is 24.3 Å². The van der Waals surface area contributed by atoms with Crippen molar-refractivity contribution >= 4 is 17.6 Å². The molecule has 1 aromatic carbocycles. The molecular formula is C18H20FN3O6. The van der Waals surface area contributed by atoms with Gasteiger partial charge in [0.05, 0.1) is 6.10 Å². The first kappa shape index (κ1) is 20.1. The Kier molecular flexibility index (Phi) is 5.06. The fraction of sp³-hybridized carbons (Fsp3) is 0.389. The number of amides is 2. The molecule has 28 heavy (non-hydrogen) atoms. The van der Waals surface area contributed by atoms with Gasteiger partial charge in [-0.2, -0.15) is 0 Å². The van der Waals surface area contributed by atoms with Gasteiger partial charge in [-0.15, -0.1) is 0 Å². The zero-order valence-corrected chi connectivity index (χ0v) is 15.1. The third kappa shape index (κ3) is 3.20. The highest BCUT2D eigenvalue weighted by atomic mass is 19.1. The van der Waals surface area contributed by atoms with Crippen LogP contribution in [0.3, 0.4) is 0 Å². The second-order valence-corrected chi connectivity index (χ2v) is 6.80. The minimum Gasteiger partial charge on any atom is -0.388 e. The minimum absolute atomic E-state index is 0.00834. The van der Waals surface area contributed by atoms with Gasteiger partial charge in [0, 0.05) is 17.3 Å². The number of benzene rings is 1. The van der Waals surface area contributed by atoms with Gasteiger partial charge in [0.1, 0.15) is 12.2 Å². The topological polar surface area (TPSA) is 142 Å². The second kappa shape index (κ2) is 7.06. The summed E-state index contributed by atoms with van der Waals surface area (Å²) in [5.74, 6) is -2.32. The van der Waals surface area contributed by atoms with Crippen LogP contribution in [0.25, 0.3) is 0 Å². The lowest BCUT2D eigenvalue weighted by Crippen LogP contribution is -2.68. The number of rotatable bonds is 4. The first-order chi connectivity index (χ1) is 13.1. The van der Waals surface area contributed by atoms with E-state index in [1.54, 1.807) is 0 Å². The highest BCUT2D eigenvalue weighted by Gasteiger charge is 2.51. The number of urea groups is 1. The molecule has 9 nitrogen and oxygen atoms in total. The number of carbonyl (C=O) groups is 3. The molecule has 0 spiro atoms. The number of aliphatic hydroxyl groups excluding tert-OH is 2. The van der Waals surface area contributed by atoms with Gasteiger partial charge in [0.2, 0.25) is 11.4 Å². The number of nitrogens with zero attached hydrogens (tertiary/aromatic N) is 1. The average molecular weight is 393 g/mol. The van der Waals surface area contributed by atoms with Gasteiger partial charge < -0.3 is 20.3 Å². The number of Topliss-reactive ketones (excluding diaryl/α,β-unsaturated/α-hetero) is 2. The second-order valence-electron chi connectivity index (χ2n) is 6.80. The number of hydrogen-bond donors (Lipinski definition) is 4. The van der Waals surface area contributed by atoms with Crippen molar-refractivity contribution in [3.63, 3.8) is 0 Å². The standard InChI is InChI=1S/C18H20FN3O6/c1-8(23)10-3-5-11(6-4-10)15(26)18(20)12(19)7-22(17(27)21-18)16-14(25)13(24)9(2)28-16/h3-7,9,13-14,16,24-25H,20H2,1-2H3,(H,21,27)/t9-,13-,14-,16-,18?/m1/s1. The van der Waals surface area contributed by atoms with Crippen molar-refractivity contribution in [3.8, 4) is 0 Å². The van der Waals surface area contributed by atoms with Crippen molar-refractivity contribution in [1.29, 1.82) is 0 Å². The number of nitrogens with one attached hydrogen (secondary N) is 1. The molecule has 0 bridgehead atoms. The van der Waals surface area contributed by atoms with Crippen molar-refractivity contribution in [2.75, 3.05) is 0 Å². The molecule has 1 saturated heterocycles. The molecule has 0 aliphatic carbocycles. The fourth-order valence-corrected chi connectivity index (χ4v) is 3.07. The number of hydrogen-bond acceptors (Lipinski definition) is 7. The van der Waals surface area contributed by atoms with E-state index in [9.17, 15) is 29.0 Å². The predicted molar refractivity (Wildman–Crippen MR) is 93.6 cm³/mol. The summed E-state index contributed by atoms with van der Waals surface area (Å²) >= 11 is 0. The molecule has 2 aliphatic heterocycles. The van der Waals surface area contributed by atoms with E-state index in [2.05, 4.69) is 5.32 Å². The lowest BCUT2D eigenvalue weighted by molar-refractivity contribution is -0.0525. The Balaban J connectivity index is 1.88. The van der Waals surface area contributed by atoms with Gasteiger partial charge in [-0.25, -0.2) is 9.18 Å². The quantitative estimate of drug-likeness (QED) is 0.529. The summed E-state index contributed by atoms with van der Waals surface area (Å²) in [6, 6.07) is 4.41. The van der Waals surface area contributed by atoms with Crippen LogP contribution in [0, 0.1) is 0 Å². The Morgan fingerprint density at radius 2 is 1.79 bits per heavy atom. The number of ether oxygens (including phenoxy) is 1. The summed E-state index contributed by atoms with van der Waals surface area (Å²) < 4.78 is 20.1. The number of aliphatic hydroxyl groups is 2. The summed E-state index contributed by atoms with van der Waals surface area (Å²) in [6.07, 6.45) is -4.19. The molecule has 2 heterocycles. The van der Waals surface area contributed by atoms with E-state index in [1.807, 2.05) is 0 Å². The van der Waals surface area contributed by atoms with Gasteiger partial charge in [-0.3, -0.25) is 20.2 Å². The van der Waals surface area contributed by atoms with E-state index in [0.29, 0.717) is 16.7 Å². The fourth-order valence-electron chi connectivity index (χ4n) is 3.07. The summed E-state index contributed by atoms with van der Waals surface area (Å²) in [6.45, 7) is 2.84. The monoisotopic (exact) mass is 393 g/mol. The average Bonchev–Trinajstić information content (AvgIpc) is 2.91. The zero-order valence-electron chi connectivity index (χ0n) is 15.1. The number of halogens is 1. The molecule has 2 aliphatic rings. The summed E-state index contributed by atoms with van der Waals surface area (Å²) in [7, 11) is 0. The Morgan fingerprint density at radius 3 is 2.29 bits per heavy atom. The van der Waals surface area contributed by atoms with E-state index in [1.165, 1.54) is 38.1 Å². The molecule has 1 unspecified atom stereocenters. The van der Waals surface area contributed by atoms with Crippen LogP contribution in [-0.4, -0.2) is 62.9 Å². The maximum Gasteiger partial charge on any atom is 0.325 e. The van der Waals surface area contributed by atoms with Crippen molar-refractivity contribution in [2.45, 2.75) is 44.1 Å². The van der Waals surface area contributed by atoms with Crippen LogP contribution in [0.4, 0.5) is 9.18 Å². The number of carbonyl (C=O) groups excluding carboxylic acids is 3. The first-order valence-corrected chi connectivity index (χ1v) is 8.51. The minimum atomic E-state index is -2.46. The van der Waals surface area contributed by atoms with Gasteiger partial charge >= 0.3 is 6.03 Å². The molecule has 150 valence electrons. The van der Waals surface area contributed by atoms with Crippen LogP contribution in [-0.2, 0) is 4.74 Å². The van der Waals surface area contributed by atoms with E-state index in [4.69, 9.17) is 10.5 Å². The normalized spacial score (nSPS) is 32.7. The van der Waals surface area contributed by atoms with Crippen molar-refractivity contribution in [2.24, 2.45) is 5.73 Å². The third-order valence-corrected chi connectivity index (χ3v) is 4.83. The molecular weight excluding hydrogens is 373 g/mol. The molecule has 3 rings (SSSR count). The predicted octanol–water partition coefficient (Wildman–Crippen LogP) is 0.0296. The van der Waals surface area contributed by atoms with Crippen LogP contribution >= 0.6 is 0 Å². The Morgan fingerprint density at radius 1 is 1.21 bits per heavy atom. The van der Waals surface area contributed by atoms with Crippen LogP contribution < -0.4 is 11.1 Å². The first-order valence-electron chi connectivity index (χ1n) is 8.51. The lowest BCUT2D eigenvalue weighted by atomic mass is 9.95. The third-order valence-electron chi connectivity index (χ3n) is 4.83. The van der Waals surface area contributed by atoms with E-state index in [-0.39, 0.29) is 11.3 Å². The Bertz CT molecular complexity index is 857. The van der Waals surface area contributed by atoms with Crippen LogP contribution in [0.1, 0.15) is 34.6 Å². The number of nitrogens with two attached hydrogens (primary N) is 1. The highest BCUT2D eigenvalue weighted by molar-refractivity contribution is 6.07. The molecule has 5 N–H and O–H groups in total. The molecule has 0 saturated carbocycles. The van der Waals surface area contributed by atoms with Crippen molar-refractivity contribution < 1.29 is 33.7 Å². The summed E-state index contributed by atoms with van der Waals surface area (Å²) in [4.78, 5) is 37.2. The maximum atomic E-state index is 14.8. The molecule has 1 aromatic rings. The van der Waals surface area contributed by atoms with E-state index >= 15 is 0 Å². The summed E-state index contributed by atoms with van der Waals surface area (Å²) in [5, 5.41) is 21.9. The van der Waals surface area contributed by atoms with Crippen LogP contribution in [0.5, 0.6) is 0 Å². The van der Waals surface area contributed by atoms with Crippen molar-refractivity contribution in [3.05, 3.63) is 47.4 Å². The molecule has 0 radical (unpaired) electrons. The smallest absolute Gasteiger partial charge is 0.325 e. The molecule has 0 aromatic heterocycles. The van der Waals surface area contributed by atoms with Crippen LogP contribution in [0.2, 0.25) is 0 Å². The Labute approximate surface area is 159 Å². The van der Waals surface area contributed by atoms with Gasteiger partial charge in [0.15, 0.2) is 17.8 Å². The Hall–Kier alpha value is -2.66. The van der Waals surface area contributed by atoms with Crippen molar-refractivity contribution in [1.82, 2.24) is 10.2 Å². The molecule has 10 heteroatoms. The molecule has 5 atom stereocenters. The lowest BCUT2D eigenvalue weighted by Gasteiger charge is -2.37. The number of ketones is 2. The van der Waals surface area contributed by atoms with Crippen LogP contribution in [0.15, 0.2) is 36.3 Å². The largest absolute Gasteiger partial charge is 0.388 e. The van der Waals surface area contributed by atoms with Gasteiger partial charge in [-0.05, 0) is 13.8 Å². The zero-order chi connectivity index (χ0) is 20.8. The maximum absolute atomic E-state index is 14.8. The highest BCUT2D eigenvalue weighted by Crippen LogP contribution is 2.30.